The Hall–Kier alpha value is -1.06. The molecule has 0 aromatic heterocycles. The van der Waals surface area contributed by atoms with Gasteiger partial charge in [0.15, 0.2) is 5.75 Å². The molecule has 1 aromatic rings. The lowest BCUT2D eigenvalue weighted by Crippen LogP contribution is -2.25. The number of rotatable bonds is 24. The molecule has 9 heteroatoms. The van der Waals surface area contributed by atoms with Crippen LogP contribution in [0.15, 0.2) is 24.3 Å². The van der Waals surface area contributed by atoms with Gasteiger partial charge < -0.3 is 27.5 Å². The molecule has 2 N–H and O–H groups in total. The SMILES string of the molecule is CCCCCCCCCCCCCCCCCCc1ccc(C(=O)C[S+](CCO)CCO)cc1.F[B-](F)(F)F. The van der Waals surface area contributed by atoms with Crippen LogP contribution in [0.2, 0.25) is 0 Å². The van der Waals surface area contributed by atoms with Crippen molar-refractivity contribution in [2.45, 2.75) is 116 Å². The Labute approximate surface area is 238 Å². The third kappa shape index (κ3) is 26.9. The number of carbonyl (C=O) groups is 1. The van der Waals surface area contributed by atoms with Crippen LogP contribution >= 0.6 is 0 Å². The van der Waals surface area contributed by atoms with Crippen LogP contribution in [0.3, 0.4) is 0 Å². The van der Waals surface area contributed by atoms with Crippen LogP contribution in [-0.4, -0.2) is 53.7 Å². The quantitative estimate of drug-likeness (QED) is 0.0423. The van der Waals surface area contributed by atoms with Gasteiger partial charge in [-0.05, 0) is 18.4 Å². The highest BCUT2D eigenvalue weighted by Crippen LogP contribution is 2.15. The van der Waals surface area contributed by atoms with E-state index in [1.165, 1.54) is 108 Å². The first-order chi connectivity index (χ1) is 18.7. The number of ketones is 1. The number of benzene rings is 1. The van der Waals surface area contributed by atoms with Crippen molar-refractivity contribution in [3.63, 3.8) is 0 Å². The van der Waals surface area contributed by atoms with Gasteiger partial charge in [0, 0.05) is 16.5 Å². The molecule has 0 unspecified atom stereocenters. The highest BCUT2D eigenvalue weighted by molar-refractivity contribution is 7.97. The van der Waals surface area contributed by atoms with Gasteiger partial charge in [-0.1, -0.05) is 128 Å². The van der Waals surface area contributed by atoms with Crippen molar-refractivity contribution in [3.05, 3.63) is 35.4 Å². The van der Waals surface area contributed by atoms with E-state index in [1.54, 1.807) is 0 Å². The molecule has 0 bridgehead atoms. The Balaban J connectivity index is 0.00000263. The first-order valence-corrected chi connectivity index (χ1v) is 16.8. The van der Waals surface area contributed by atoms with Crippen LogP contribution in [0, 0.1) is 0 Å². The molecule has 1 rings (SSSR count). The van der Waals surface area contributed by atoms with Crippen molar-refractivity contribution >= 4 is 23.9 Å². The van der Waals surface area contributed by atoms with Gasteiger partial charge in [0.05, 0.1) is 13.2 Å². The molecule has 0 radical (unpaired) electrons. The normalized spacial score (nSPS) is 11.5. The molecule has 0 saturated heterocycles. The summed E-state index contributed by atoms with van der Waals surface area (Å²) < 4.78 is 39.0. The fourth-order valence-corrected chi connectivity index (χ4v) is 6.05. The van der Waals surface area contributed by atoms with Crippen LogP contribution in [0.1, 0.15) is 126 Å². The van der Waals surface area contributed by atoms with Crippen molar-refractivity contribution in [1.29, 1.82) is 0 Å². The number of aliphatic hydroxyl groups excluding tert-OH is 2. The minimum atomic E-state index is -6.00. The Morgan fingerprint density at radius 1 is 0.667 bits per heavy atom. The molecular weight excluding hydrogens is 527 g/mol. The minimum Gasteiger partial charge on any atom is -0.418 e. The van der Waals surface area contributed by atoms with Crippen LogP contribution < -0.4 is 0 Å². The van der Waals surface area contributed by atoms with Gasteiger partial charge in [-0.25, -0.2) is 0 Å². The van der Waals surface area contributed by atoms with Gasteiger partial charge >= 0.3 is 7.25 Å². The zero-order valence-corrected chi connectivity index (χ0v) is 25.0. The average Bonchev–Trinajstić information content (AvgIpc) is 2.88. The molecule has 1 aromatic carbocycles. The Morgan fingerprint density at radius 2 is 1.03 bits per heavy atom. The summed E-state index contributed by atoms with van der Waals surface area (Å²) in [4.78, 5) is 12.5. The summed E-state index contributed by atoms with van der Waals surface area (Å²) in [6.07, 6.45) is 23.4. The first-order valence-electron chi connectivity index (χ1n) is 15.1. The van der Waals surface area contributed by atoms with Crippen LogP contribution in [0.4, 0.5) is 17.3 Å². The van der Waals surface area contributed by atoms with Gasteiger partial charge in [-0.2, -0.15) is 0 Å². The number of unbranched alkanes of at least 4 members (excludes halogenated alkanes) is 15. The minimum absolute atomic E-state index is 0.0780. The molecule has 0 aliphatic carbocycles. The van der Waals surface area contributed by atoms with Crippen LogP contribution in [0.25, 0.3) is 0 Å². The molecule has 39 heavy (non-hydrogen) atoms. The number of Topliss-reactive ketones (excluding diaryl/α,β-unsaturated/α-hetero) is 1. The number of aryl methyl sites for hydroxylation is 1. The lowest BCUT2D eigenvalue weighted by Gasteiger charge is -2.07. The first kappa shape index (κ1) is 37.9. The van der Waals surface area contributed by atoms with Gasteiger partial charge in [0.1, 0.15) is 11.5 Å². The van der Waals surface area contributed by atoms with Crippen molar-refractivity contribution in [3.8, 4) is 0 Å². The van der Waals surface area contributed by atoms with Crippen molar-refractivity contribution in [2.75, 3.05) is 30.5 Å². The van der Waals surface area contributed by atoms with Gasteiger partial charge in [-0.3, -0.25) is 4.79 Å². The van der Waals surface area contributed by atoms with Gasteiger partial charge in [0.25, 0.3) is 0 Å². The molecule has 228 valence electrons. The molecule has 0 aliphatic rings. The topological polar surface area (TPSA) is 57.5 Å². The Morgan fingerprint density at radius 3 is 1.38 bits per heavy atom. The lowest BCUT2D eigenvalue weighted by molar-refractivity contribution is 0.102. The summed E-state index contributed by atoms with van der Waals surface area (Å²) in [7, 11) is -6.22. The maximum absolute atomic E-state index is 12.5. The number of hydrogen-bond acceptors (Lipinski definition) is 3. The summed E-state index contributed by atoms with van der Waals surface area (Å²) in [6.45, 7) is 2.44. The standard InChI is InChI=1S/C30H53O3S.BF4/c1-2-3-4-5-6-7-8-9-10-11-12-13-14-15-16-17-18-28-19-21-29(22-20-28)30(33)27-34(25-23-31)26-24-32;2-1(3,4)5/h19-22,31-32H,2-18,23-27H2,1H3;/q+1;-1. The predicted octanol–water partition coefficient (Wildman–Crippen LogP) is 8.58. The molecule has 0 atom stereocenters. The van der Waals surface area contributed by atoms with Crippen molar-refractivity contribution in [2.24, 2.45) is 0 Å². The largest absolute Gasteiger partial charge is 0.673 e. The van der Waals surface area contributed by atoms with E-state index < -0.39 is 7.25 Å². The molecule has 0 amide bonds. The Bertz CT molecular complexity index is 678. The molecule has 0 saturated carbocycles. The Kier molecular flexibility index (Phi) is 25.2. The summed E-state index contributed by atoms with van der Waals surface area (Å²) in [5.74, 6) is 1.76. The maximum Gasteiger partial charge on any atom is 0.673 e. The third-order valence-corrected chi connectivity index (χ3v) is 8.88. The fraction of sp³-hybridized carbons (Fsp3) is 0.767. The summed E-state index contributed by atoms with van der Waals surface area (Å²) in [5.41, 5.74) is 2.07. The van der Waals surface area contributed by atoms with Crippen LogP contribution in [-0.2, 0) is 17.3 Å². The van der Waals surface area contributed by atoms with Crippen LogP contribution in [0.5, 0.6) is 0 Å². The molecular formula is C30H53BF4O3S. The molecule has 0 spiro atoms. The van der Waals surface area contributed by atoms with E-state index in [-0.39, 0.29) is 29.9 Å². The molecule has 3 nitrogen and oxygen atoms in total. The predicted molar refractivity (Wildman–Crippen MR) is 160 cm³/mol. The molecule has 0 fully saturated rings. The number of hydrogen-bond donors (Lipinski definition) is 2. The average molecular weight is 581 g/mol. The number of halogens is 4. The molecule has 0 aliphatic heterocycles. The summed E-state index contributed by atoms with van der Waals surface area (Å²) in [6, 6.07) is 8.08. The van der Waals surface area contributed by atoms with E-state index in [0.717, 1.165) is 12.0 Å². The third-order valence-electron chi connectivity index (χ3n) is 6.69. The fourth-order valence-electron chi connectivity index (χ4n) is 4.51. The number of aliphatic hydroxyl groups is 2. The highest BCUT2D eigenvalue weighted by Gasteiger charge is 2.22. The van der Waals surface area contributed by atoms with E-state index in [0.29, 0.717) is 17.3 Å². The lowest BCUT2D eigenvalue weighted by atomic mass is 10.0. The zero-order valence-electron chi connectivity index (χ0n) is 24.2. The van der Waals surface area contributed by atoms with E-state index in [9.17, 15) is 22.1 Å². The van der Waals surface area contributed by atoms with E-state index in [4.69, 9.17) is 10.2 Å². The van der Waals surface area contributed by atoms with Gasteiger partial charge in [-0.15, -0.1) is 0 Å². The summed E-state index contributed by atoms with van der Waals surface area (Å²) >= 11 is 0. The second kappa shape index (κ2) is 25.9. The molecule has 0 heterocycles. The monoisotopic (exact) mass is 580 g/mol. The van der Waals surface area contributed by atoms with E-state index >= 15 is 0 Å². The van der Waals surface area contributed by atoms with Gasteiger partial charge in [0.2, 0.25) is 5.78 Å². The smallest absolute Gasteiger partial charge is 0.418 e. The van der Waals surface area contributed by atoms with E-state index in [2.05, 4.69) is 19.1 Å². The van der Waals surface area contributed by atoms with Crippen molar-refractivity contribution < 1.29 is 32.3 Å². The summed E-state index contributed by atoms with van der Waals surface area (Å²) in [5, 5.41) is 18.3. The number of carbonyl (C=O) groups excluding carboxylic acids is 1. The second-order valence-electron chi connectivity index (χ2n) is 10.3. The zero-order chi connectivity index (χ0) is 29.2. The highest BCUT2D eigenvalue weighted by atomic mass is 32.2. The van der Waals surface area contributed by atoms with Crippen molar-refractivity contribution in [1.82, 2.24) is 0 Å². The second-order valence-corrected chi connectivity index (χ2v) is 12.6. The maximum atomic E-state index is 12.5. The van der Waals surface area contributed by atoms with E-state index in [1.807, 2.05) is 12.1 Å².